The number of nitrogens with zero attached hydrogens (tertiary/aromatic N) is 4. The standard InChI is InChI=1S/C52H34N4/c1-4-14-35(15-5-1)39-33-45(36-16-6-2-7-17-36)54-46(34-39)37-25-28-41(29-26-37)55-47-22-11-10-20-43(47)51-42(21-12-23-49(51)55)38-27-30-48-44(32-38)52-50(24-13-31-53-52)56(48)40-18-8-3-9-19-40/h1-34H. The van der Waals surface area contributed by atoms with Crippen LogP contribution in [0.2, 0.25) is 0 Å². The molecule has 11 rings (SSSR count). The lowest BCUT2D eigenvalue weighted by Gasteiger charge is -2.12. The summed E-state index contributed by atoms with van der Waals surface area (Å²) in [6, 6.07) is 71.2. The summed E-state index contributed by atoms with van der Waals surface area (Å²) in [6.07, 6.45) is 1.89. The van der Waals surface area contributed by atoms with E-state index in [4.69, 9.17) is 9.97 Å². The van der Waals surface area contributed by atoms with Crippen LogP contribution in [0.4, 0.5) is 0 Å². The van der Waals surface area contributed by atoms with Crippen molar-refractivity contribution in [3.63, 3.8) is 0 Å². The summed E-state index contributed by atoms with van der Waals surface area (Å²) < 4.78 is 4.70. The smallest absolute Gasteiger partial charge is 0.0963 e. The predicted molar refractivity (Wildman–Crippen MR) is 232 cm³/mol. The molecule has 4 aromatic heterocycles. The molecule has 0 amide bonds. The molecule has 4 nitrogen and oxygen atoms in total. The Hall–Kier alpha value is -7.56. The molecule has 0 bridgehead atoms. The van der Waals surface area contributed by atoms with Gasteiger partial charge in [-0.2, -0.15) is 0 Å². The van der Waals surface area contributed by atoms with E-state index in [1.54, 1.807) is 0 Å². The second kappa shape index (κ2) is 13.1. The third kappa shape index (κ3) is 5.23. The van der Waals surface area contributed by atoms with Crippen molar-refractivity contribution < 1.29 is 0 Å². The van der Waals surface area contributed by atoms with Gasteiger partial charge in [0, 0.05) is 44.9 Å². The lowest BCUT2D eigenvalue weighted by molar-refractivity contribution is 1.18. The molecule has 0 aliphatic carbocycles. The van der Waals surface area contributed by atoms with Crippen molar-refractivity contribution in [1.29, 1.82) is 0 Å². The quantitative estimate of drug-likeness (QED) is 0.172. The van der Waals surface area contributed by atoms with Crippen LogP contribution in [-0.2, 0) is 0 Å². The minimum Gasteiger partial charge on any atom is -0.309 e. The van der Waals surface area contributed by atoms with Crippen molar-refractivity contribution in [2.45, 2.75) is 0 Å². The Balaban J connectivity index is 1.05. The number of benzene rings is 7. The molecular formula is C52H34N4. The Labute approximate surface area is 324 Å². The van der Waals surface area contributed by atoms with Crippen LogP contribution in [0.25, 0.3) is 99.9 Å². The molecule has 0 aliphatic rings. The number of fused-ring (bicyclic) bond motifs is 6. The molecule has 0 fully saturated rings. The summed E-state index contributed by atoms with van der Waals surface area (Å²) in [5.74, 6) is 0. The Morgan fingerprint density at radius 2 is 0.911 bits per heavy atom. The van der Waals surface area contributed by atoms with Crippen molar-refractivity contribution in [2.75, 3.05) is 0 Å². The maximum absolute atomic E-state index is 5.18. The van der Waals surface area contributed by atoms with Crippen LogP contribution in [0.1, 0.15) is 0 Å². The van der Waals surface area contributed by atoms with Crippen molar-refractivity contribution in [1.82, 2.24) is 19.1 Å². The summed E-state index contributed by atoms with van der Waals surface area (Å²) >= 11 is 0. The number of pyridine rings is 2. The van der Waals surface area contributed by atoms with E-state index in [0.29, 0.717) is 0 Å². The fourth-order valence-corrected chi connectivity index (χ4v) is 8.41. The molecule has 0 unspecified atom stereocenters. The van der Waals surface area contributed by atoms with Crippen LogP contribution >= 0.6 is 0 Å². The Morgan fingerprint density at radius 3 is 1.68 bits per heavy atom. The van der Waals surface area contributed by atoms with E-state index in [9.17, 15) is 0 Å². The molecule has 0 atom stereocenters. The number of hydrogen-bond acceptors (Lipinski definition) is 2. The summed E-state index contributed by atoms with van der Waals surface area (Å²) in [7, 11) is 0. The van der Waals surface area contributed by atoms with E-state index in [1.165, 1.54) is 27.4 Å². The van der Waals surface area contributed by atoms with Gasteiger partial charge in [0.05, 0.1) is 39.0 Å². The topological polar surface area (TPSA) is 35.6 Å². The average molecular weight is 715 g/mol. The molecule has 11 aromatic rings. The molecule has 0 aliphatic heterocycles. The first-order valence-electron chi connectivity index (χ1n) is 19.0. The highest BCUT2D eigenvalue weighted by Crippen LogP contribution is 2.41. The van der Waals surface area contributed by atoms with Crippen molar-refractivity contribution in [2.24, 2.45) is 0 Å². The van der Waals surface area contributed by atoms with Gasteiger partial charge in [-0.1, -0.05) is 127 Å². The molecule has 0 N–H and O–H groups in total. The molecule has 4 heteroatoms. The maximum Gasteiger partial charge on any atom is 0.0963 e. The van der Waals surface area contributed by atoms with Crippen LogP contribution in [0.3, 0.4) is 0 Å². The minimum absolute atomic E-state index is 0.944. The van der Waals surface area contributed by atoms with Crippen molar-refractivity contribution in [3.05, 3.63) is 206 Å². The van der Waals surface area contributed by atoms with Crippen LogP contribution in [0, 0.1) is 0 Å². The monoisotopic (exact) mass is 714 g/mol. The molecule has 0 saturated heterocycles. The van der Waals surface area contributed by atoms with Gasteiger partial charge >= 0.3 is 0 Å². The SMILES string of the molecule is c1ccc(-c2cc(-c3ccccc3)nc(-c3ccc(-n4c5ccccc5c5c(-c6ccc7c(c6)c6ncccc6n7-c6ccccc6)cccc54)cc3)c2)cc1. The zero-order valence-electron chi connectivity index (χ0n) is 30.4. The Kier molecular flexibility index (Phi) is 7.46. The second-order valence-electron chi connectivity index (χ2n) is 14.2. The largest absolute Gasteiger partial charge is 0.309 e. The highest BCUT2D eigenvalue weighted by Gasteiger charge is 2.19. The molecule has 7 aromatic carbocycles. The number of para-hydroxylation sites is 2. The zero-order valence-corrected chi connectivity index (χ0v) is 30.4. The van der Waals surface area contributed by atoms with Gasteiger partial charge in [0.1, 0.15) is 0 Å². The van der Waals surface area contributed by atoms with Crippen molar-refractivity contribution in [3.8, 4) is 56.1 Å². The molecule has 262 valence electrons. The molecule has 0 saturated carbocycles. The van der Waals surface area contributed by atoms with E-state index in [1.807, 2.05) is 18.3 Å². The van der Waals surface area contributed by atoms with Crippen LogP contribution in [-0.4, -0.2) is 19.1 Å². The maximum atomic E-state index is 5.18. The summed E-state index contributed by atoms with van der Waals surface area (Å²) in [4.78, 5) is 10.1. The Bertz CT molecular complexity index is 3160. The lowest BCUT2D eigenvalue weighted by Crippen LogP contribution is -1.95. The molecule has 0 radical (unpaired) electrons. The normalized spacial score (nSPS) is 11.6. The van der Waals surface area contributed by atoms with E-state index in [0.717, 1.165) is 72.5 Å². The number of aromatic nitrogens is 4. The van der Waals surface area contributed by atoms with Gasteiger partial charge < -0.3 is 9.13 Å². The average Bonchev–Trinajstić information content (AvgIpc) is 3.80. The van der Waals surface area contributed by atoms with Crippen LogP contribution in [0.15, 0.2) is 206 Å². The van der Waals surface area contributed by atoms with Gasteiger partial charge in [0.25, 0.3) is 0 Å². The molecule has 56 heavy (non-hydrogen) atoms. The second-order valence-corrected chi connectivity index (χ2v) is 14.2. The van der Waals surface area contributed by atoms with Gasteiger partial charge in [-0.15, -0.1) is 0 Å². The summed E-state index contributed by atoms with van der Waals surface area (Å²) in [5.41, 5.74) is 16.6. The fraction of sp³-hybridized carbons (Fsp3) is 0. The number of rotatable bonds is 6. The van der Waals surface area contributed by atoms with Crippen LogP contribution < -0.4 is 0 Å². The minimum atomic E-state index is 0.944. The van der Waals surface area contributed by atoms with Crippen molar-refractivity contribution >= 4 is 43.7 Å². The van der Waals surface area contributed by atoms with Gasteiger partial charge in [-0.3, -0.25) is 4.98 Å². The summed E-state index contributed by atoms with van der Waals surface area (Å²) in [5, 5.41) is 3.59. The first kappa shape index (κ1) is 31.9. The van der Waals surface area contributed by atoms with Crippen LogP contribution in [0.5, 0.6) is 0 Å². The Morgan fingerprint density at radius 1 is 0.339 bits per heavy atom. The van der Waals surface area contributed by atoms with E-state index < -0.39 is 0 Å². The fourth-order valence-electron chi connectivity index (χ4n) is 8.41. The lowest BCUT2D eigenvalue weighted by atomic mass is 9.98. The zero-order chi connectivity index (χ0) is 37.0. The van der Waals surface area contributed by atoms with E-state index in [2.05, 4.69) is 197 Å². The predicted octanol–water partition coefficient (Wildman–Crippen LogP) is 13.3. The highest BCUT2D eigenvalue weighted by atomic mass is 15.0. The van der Waals surface area contributed by atoms with E-state index in [-0.39, 0.29) is 0 Å². The van der Waals surface area contributed by atoms with Gasteiger partial charge in [0.15, 0.2) is 0 Å². The summed E-state index contributed by atoms with van der Waals surface area (Å²) in [6.45, 7) is 0. The first-order chi connectivity index (χ1) is 27.8. The molecule has 4 heterocycles. The van der Waals surface area contributed by atoms with Gasteiger partial charge in [-0.05, 0) is 95.1 Å². The third-order valence-corrected chi connectivity index (χ3v) is 11.0. The molecular weight excluding hydrogens is 681 g/mol. The highest BCUT2D eigenvalue weighted by molar-refractivity contribution is 6.17. The van der Waals surface area contributed by atoms with E-state index >= 15 is 0 Å². The third-order valence-electron chi connectivity index (χ3n) is 11.0. The number of hydrogen-bond donors (Lipinski definition) is 0. The first-order valence-corrected chi connectivity index (χ1v) is 19.0. The molecule has 0 spiro atoms. The van der Waals surface area contributed by atoms with Gasteiger partial charge in [-0.25, -0.2) is 4.98 Å². The van der Waals surface area contributed by atoms with Gasteiger partial charge in [0.2, 0.25) is 0 Å².